The Kier molecular flexibility index (Phi) is 4.73. The van der Waals surface area contributed by atoms with Crippen molar-refractivity contribution in [1.29, 1.82) is 0 Å². The van der Waals surface area contributed by atoms with Gasteiger partial charge in [0.1, 0.15) is 15.4 Å². The first-order chi connectivity index (χ1) is 11.5. The number of hydrogen-bond donors (Lipinski definition) is 1. The van der Waals surface area contributed by atoms with E-state index in [1.54, 1.807) is 18.4 Å². The number of carbonyl (C=O) groups excluding carboxylic acids is 1. The summed E-state index contributed by atoms with van der Waals surface area (Å²) in [6.07, 6.45) is 3.73. The number of likely N-dealkylation sites (N-methyl/N-ethyl adjacent to an activating group) is 1. The van der Waals surface area contributed by atoms with Crippen LogP contribution in [0.25, 0.3) is 9.88 Å². The number of amides is 1. The summed E-state index contributed by atoms with van der Waals surface area (Å²) in [7, 11) is 1.62. The molecule has 1 N–H and O–H groups in total. The van der Waals surface area contributed by atoms with Crippen LogP contribution in [0.3, 0.4) is 0 Å². The molecule has 1 saturated carbocycles. The molecule has 7 heteroatoms. The second kappa shape index (κ2) is 6.64. The van der Waals surface area contributed by atoms with Gasteiger partial charge in [0, 0.05) is 7.05 Å². The number of aromatic nitrogens is 1. The normalized spacial score (nSPS) is 16.8. The van der Waals surface area contributed by atoms with Crippen LogP contribution in [0.2, 0.25) is 0 Å². The molecule has 3 rings (SSSR count). The number of rotatable bonds is 4. The molecule has 0 saturated heterocycles. The second-order valence-electron chi connectivity index (χ2n) is 6.17. The van der Waals surface area contributed by atoms with Crippen molar-refractivity contribution < 1.29 is 14.7 Å². The smallest absolute Gasteiger partial charge is 0.329 e. The highest BCUT2D eigenvalue weighted by atomic mass is 32.1. The van der Waals surface area contributed by atoms with E-state index in [-0.39, 0.29) is 5.91 Å². The van der Waals surface area contributed by atoms with Gasteiger partial charge in [0.15, 0.2) is 0 Å². The highest BCUT2D eigenvalue weighted by Gasteiger charge is 2.46. The van der Waals surface area contributed by atoms with E-state index in [0.717, 1.165) is 29.1 Å². The Hall–Kier alpha value is -1.73. The summed E-state index contributed by atoms with van der Waals surface area (Å²) >= 11 is 2.92. The summed E-state index contributed by atoms with van der Waals surface area (Å²) in [5, 5.41) is 12.6. The molecule has 5 nitrogen and oxygen atoms in total. The van der Waals surface area contributed by atoms with Gasteiger partial charge in [-0.3, -0.25) is 4.79 Å². The minimum atomic E-state index is -1.09. The fourth-order valence-corrected chi connectivity index (χ4v) is 5.12. The molecule has 0 bridgehead atoms. The Morgan fingerprint density at radius 2 is 2.00 bits per heavy atom. The van der Waals surface area contributed by atoms with Gasteiger partial charge in [0.05, 0.1) is 10.6 Å². The lowest BCUT2D eigenvalue weighted by Gasteiger charge is -2.40. The van der Waals surface area contributed by atoms with Crippen molar-refractivity contribution in [2.24, 2.45) is 0 Å². The van der Waals surface area contributed by atoms with Gasteiger partial charge in [-0.2, -0.15) is 0 Å². The van der Waals surface area contributed by atoms with Gasteiger partial charge < -0.3 is 10.0 Å². The molecular weight excluding hydrogens is 344 g/mol. The predicted octanol–water partition coefficient (Wildman–Crippen LogP) is 4.04. The number of carbonyl (C=O) groups is 2. The maximum absolute atomic E-state index is 13.0. The average molecular weight is 364 g/mol. The third kappa shape index (κ3) is 2.86. The lowest BCUT2D eigenvalue weighted by molar-refractivity contribution is -0.151. The molecule has 0 radical (unpaired) electrons. The Labute approximate surface area is 149 Å². The molecule has 0 atom stereocenters. The van der Waals surface area contributed by atoms with E-state index >= 15 is 0 Å². The Bertz CT molecular complexity index is 746. The van der Waals surface area contributed by atoms with Crippen LogP contribution in [0.15, 0.2) is 17.5 Å². The van der Waals surface area contributed by atoms with Crippen LogP contribution in [0.5, 0.6) is 0 Å². The van der Waals surface area contributed by atoms with Crippen LogP contribution >= 0.6 is 22.7 Å². The summed E-state index contributed by atoms with van der Waals surface area (Å²) in [4.78, 5) is 32.4. The first-order valence-electron chi connectivity index (χ1n) is 7.98. The molecule has 1 aliphatic carbocycles. The fourth-order valence-electron chi connectivity index (χ4n) is 3.28. The van der Waals surface area contributed by atoms with E-state index < -0.39 is 11.5 Å². The quantitative estimate of drug-likeness (QED) is 0.889. The molecule has 2 aromatic rings. The third-order valence-electron chi connectivity index (χ3n) is 4.75. The molecule has 0 spiro atoms. The molecule has 0 aliphatic heterocycles. The minimum Gasteiger partial charge on any atom is -0.479 e. The van der Waals surface area contributed by atoms with Crippen LogP contribution in [-0.2, 0) is 4.79 Å². The van der Waals surface area contributed by atoms with Crippen molar-refractivity contribution in [2.75, 3.05) is 7.05 Å². The summed E-state index contributed by atoms with van der Waals surface area (Å²) in [6.45, 7) is 1.81. The Balaban J connectivity index is 1.92. The molecule has 2 aromatic heterocycles. The van der Waals surface area contributed by atoms with Gasteiger partial charge >= 0.3 is 5.97 Å². The van der Waals surface area contributed by atoms with E-state index in [4.69, 9.17) is 0 Å². The van der Waals surface area contributed by atoms with Gasteiger partial charge in [-0.05, 0) is 31.2 Å². The van der Waals surface area contributed by atoms with Gasteiger partial charge in [0.2, 0.25) is 0 Å². The van der Waals surface area contributed by atoms with Crippen molar-refractivity contribution in [3.63, 3.8) is 0 Å². The standard InChI is InChI=1S/C17H20N2O3S2/c1-11-13(24-14(18-11)12-7-6-10-23-12)15(20)19(2)17(16(21)22)8-4-3-5-9-17/h6-7,10H,3-5,8-9H2,1-2H3,(H,21,22). The average Bonchev–Trinajstić information content (AvgIpc) is 3.23. The first-order valence-corrected chi connectivity index (χ1v) is 9.68. The number of thiophene rings is 1. The number of hydrogen-bond acceptors (Lipinski definition) is 5. The topological polar surface area (TPSA) is 70.5 Å². The van der Waals surface area contributed by atoms with Crippen molar-refractivity contribution >= 4 is 34.6 Å². The van der Waals surface area contributed by atoms with Crippen molar-refractivity contribution in [1.82, 2.24) is 9.88 Å². The second-order valence-corrected chi connectivity index (χ2v) is 8.12. The number of aryl methyl sites for hydroxylation is 1. The number of nitrogens with zero attached hydrogens (tertiary/aromatic N) is 2. The predicted molar refractivity (Wildman–Crippen MR) is 95.7 cm³/mol. The molecule has 24 heavy (non-hydrogen) atoms. The van der Waals surface area contributed by atoms with Crippen molar-refractivity contribution in [3.8, 4) is 9.88 Å². The van der Waals surface area contributed by atoms with E-state index in [9.17, 15) is 14.7 Å². The molecule has 1 fully saturated rings. The summed E-state index contributed by atoms with van der Waals surface area (Å²) in [5.41, 5.74) is -0.425. The minimum absolute atomic E-state index is 0.239. The maximum atomic E-state index is 13.0. The highest BCUT2D eigenvalue weighted by molar-refractivity contribution is 7.22. The van der Waals surface area contributed by atoms with Gasteiger partial charge in [-0.25, -0.2) is 9.78 Å². The fraction of sp³-hybridized carbons (Fsp3) is 0.471. The molecule has 0 aromatic carbocycles. The molecule has 128 valence electrons. The first kappa shape index (κ1) is 17.1. The summed E-state index contributed by atoms with van der Waals surface area (Å²) in [6, 6.07) is 3.92. The zero-order valence-electron chi connectivity index (χ0n) is 13.7. The largest absolute Gasteiger partial charge is 0.479 e. The summed E-state index contributed by atoms with van der Waals surface area (Å²) < 4.78 is 0. The van der Waals surface area contributed by atoms with Crippen molar-refractivity contribution in [3.05, 3.63) is 28.1 Å². The Morgan fingerprint density at radius 3 is 2.58 bits per heavy atom. The van der Waals surface area contributed by atoms with Gasteiger partial charge in [-0.15, -0.1) is 22.7 Å². The molecule has 2 heterocycles. The Morgan fingerprint density at radius 1 is 1.29 bits per heavy atom. The SMILES string of the molecule is Cc1nc(-c2cccs2)sc1C(=O)N(C)C1(C(=O)O)CCCCC1. The van der Waals surface area contributed by atoms with E-state index in [1.165, 1.54) is 16.2 Å². The van der Waals surface area contributed by atoms with Crippen molar-refractivity contribution in [2.45, 2.75) is 44.6 Å². The molecule has 1 amide bonds. The van der Waals surface area contributed by atoms with Crippen LogP contribution in [0.1, 0.15) is 47.5 Å². The number of carboxylic acids is 1. The van der Waals surface area contributed by atoms with Crippen LogP contribution in [0, 0.1) is 6.92 Å². The zero-order chi connectivity index (χ0) is 17.3. The molecular formula is C17H20N2O3S2. The third-order valence-corrected chi connectivity index (χ3v) is 6.93. The highest BCUT2D eigenvalue weighted by Crippen LogP contribution is 2.37. The van der Waals surface area contributed by atoms with E-state index in [1.807, 2.05) is 24.4 Å². The number of carboxylic acid groups (broad SMARTS) is 1. The number of thiazole rings is 1. The molecule has 1 aliphatic rings. The zero-order valence-corrected chi connectivity index (χ0v) is 15.4. The van der Waals surface area contributed by atoms with E-state index in [0.29, 0.717) is 23.4 Å². The van der Waals surface area contributed by atoms with Crippen LogP contribution < -0.4 is 0 Å². The lowest BCUT2D eigenvalue weighted by atomic mass is 9.80. The summed E-state index contributed by atoms with van der Waals surface area (Å²) in [5.74, 6) is -1.14. The molecule has 0 unspecified atom stereocenters. The van der Waals surface area contributed by atoms with E-state index in [2.05, 4.69) is 4.98 Å². The monoisotopic (exact) mass is 364 g/mol. The van der Waals surface area contributed by atoms with Crippen LogP contribution in [0.4, 0.5) is 0 Å². The lowest BCUT2D eigenvalue weighted by Crippen LogP contribution is -2.56. The van der Waals surface area contributed by atoms with Gasteiger partial charge in [-0.1, -0.05) is 25.3 Å². The van der Waals surface area contributed by atoms with Gasteiger partial charge in [0.25, 0.3) is 5.91 Å². The number of aliphatic carboxylic acids is 1. The van der Waals surface area contributed by atoms with Crippen LogP contribution in [-0.4, -0.2) is 39.5 Å². The maximum Gasteiger partial charge on any atom is 0.329 e.